The number of nitrogens with zero attached hydrogens (tertiary/aromatic N) is 2. The van der Waals surface area contributed by atoms with Gasteiger partial charge in [0, 0.05) is 10.8 Å². The molecule has 29 heavy (non-hydrogen) atoms. The molecule has 150 valence electrons. The largest absolute Gasteiger partial charge is 0.491 e. The van der Waals surface area contributed by atoms with Crippen LogP contribution in [0, 0.1) is 0 Å². The summed E-state index contributed by atoms with van der Waals surface area (Å²) in [4.78, 5) is 9.63. The van der Waals surface area contributed by atoms with Gasteiger partial charge in [-0.2, -0.15) is 0 Å². The Kier molecular flexibility index (Phi) is 5.05. The van der Waals surface area contributed by atoms with E-state index in [1.165, 1.54) is 0 Å². The average molecular weight is 405 g/mol. The zero-order chi connectivity index (χ0) is 20.6. The molecule has 0 aliphatic heterocycles. The van der Waals surface area contributed by atoms with E-state index < -0.39 is 8.32 Å². The van der Waals surface area contributed by atoms with Gasteiger partial charge in [-0.15, -0.1) is 0 Å². The van der Waals surface area contributed by atoms with Gasteiger partial charge in [-0.3, -0.25) is 0 Å². The van der Waals surface area contributed by atoms with Crippen molar-refractivity contribution in [2.45, 2.75) is 38.9 Å². The number of para-hydroxylation sites is 2. The van der Waals surface area contributed by atoms with Crippen molar-refractivity contribution in [3.8, 4) is 5.75 Å². The van der Waals surface area contributed by atoms with Crippen molar-refractivity contribution in [1.29, 1.82) is 0 Å². The molecule has 4 aromatic rings. The van der Waals surface area contributed by atoms with Crippen molar-refractivity contribution >= 4 is 41.2 Å². The molecule has 0 saturated carbocycles. The van der Waals surface area contributed by atoms with Crippen molar-refractivity contribution in [1.82, 2.24) is 9.97 Å². The van der Waals surface area contributed by atoms with Gasteiger partial charge in [0.1, 0.15) is 12.4 Å². The number of aromatic nitrogens is 2. The van der Waals surface area contributed by atoms with Crippen LogP contribution in [0.15, 0.2) is 54.6 Å². The van der Waals surface area contributed by atoms with Crippen molar-refractivity contribution in [3.05, 3.63) is 54.6 Å². The Labute approximate surface area is 173 Å². The zero-order valence-corrected chi connectivity index (χ0v) is 18.8. The Hall–Kier alpha value is -2.50. The number of hydrogen-bond donors (Lipinski definition) is 0. The summed E-state index contributed by atoms with van der Waals surface area (Å²) in [7, 11) is -1.76. The van der Waals surface area contributed by atoms with Crippen LogP contribution >= 0.6 is 0 Å². The van der Waals surface area contributed by atoms with E-state index in [9.17, 15) is 0 Å². The van der Waals surface area contributed by atoms with Crippen LogP contribution in [0.4, 0.5) is 0 Å². The monoisotopic (exact) mass is 404 g/mol. The van der Waals surface area contributed by atoms with Gasteiger partial charge < -0.3 is 9.16 Å². The van der Waals surface area contributed by atoms with Gasteiger partial charge in [-0.05, 0) is 48.5 Å². The highest BCUT2D eigenvalue weighted by atomic mass is 28.4. The zero-order valence-electron chi connectivity index (χ0n) is 17.8. The lowest BCUT2D eigenvalue weighted by molar-refractivity contribution is 0.205. The predicted molar refractivity (Wildman–Crippen MR) is 123 cm³/mol. The molecule has 0 saturated heterocycles. The second kappa shape index (κ2) is 7.39. The number of rotatable bonds is 5. The first-order chi connectivity index (χ1) is 13.8. The van der Waals surface area contributed by atoms with E-state index in [2.05, 4.69) is 46.0 Å². The van der Waals surface area contributed by atoms with Crippen molar-refractivity contribution < 1.29 is 9.16 Å². The Balaban J connectivity index is 1.61. The van der Waals surface area contributed by atoms with E-state index >= 15 is 0 Å². The van der Waals surface area contributed by atoms with Crippen molar-refractivity contribution in [2.75, 3.05) is 13.2 Å². The molecule has 0 aliphatic carbocycles. The Morgan fingerprint density at radius 1 is 0.759 bits per heavy atom. The van der Waals surface area contributed by atoms with E-state index in [1.807, 2.05) is 42.5 Å². The van der Waals surface area contributed by atoms with E-state index in [1.54, 1.807) is 0 Å². The smallest absolute Gasteiger partial charge is 0.192 e. The van der Waals surface area contributed by atoms with Gasteiger partial charge in [-0.1, -0.05) is 45.0 Å². The summed E-state index contributed by atoms with van der Waals surface area (Å²) in [6.07, 6.45) is 0. The summed E-state index contributed by atoms with van der Waals surface area (Å²) >= 11 is 0. The SMILES string of the molecule is CC(C)(C)[Si](C)(C)OCCOc1cccc2c1ccc1nc3ccccc3nc12. The van der Waals surface area contributed by atoms with Crippen LogP contribution < -0.4 is 4.74 Å². The minimum absolute atomic E-state index is 0.201. The predicted octanol–water partition coefficient (Wildman–Crippen LogP) is 6.34. The lowest BCUT2D eigenvalue weighted by atomic mass is 10.1. The van der Waals surface area contributed by atoms with Gasteiger partial charge in [0.15, 0.2) is 8.32 Å². The normalized spacial score (nSPS) is 12.7. The van der Waals surface area contributed by atoms with Gasteiger partial charge in [0.25, 0.3) is 0 Å². The first kappa shape index (κ1) is 19.8. The van der Waals surface area contributed by atoms with Crippen LogP contribution in [-0.2, 0) is 4.43 Å². The molecular weight excluding hydrogens is 376 g/mol. The van der Waals surface area contributed by atoms with Crippen LogP contribution in [-0.4, -0.2) is 31.5 Å². The van der Waals surface area contributed by atoms with E-state index in [0.29, 0.717) is 13.2 Å². The lowest BCUT2D eigenvalue weighted by Crippen LogP contribution is -2.41. The van der Waals surface area contributed by atoms with Gasteiger partial charge >= 0.3 is 0 Å². The van der Waals surface area contributed by atoms with Crippen LogP contribution in [0.5, 0.6) is 5.75 Å². The third-order valence-electron chi connectivity index (χ3n) is 5.94. The first-order valence-corrected chi connectivity index (χ1v) is 13.0. The molecule has 0 unspecified atom stereocenters. The fourth-order valence-electron chi connectivity index (χ4n) is 3.20. The Bertz CT molecular complexity index is 1180. The topological polar surface area (TPSA) is 44.2 Å². The maximum atomic E-state index is 6.24. The third-order valence-corrected chi connectivity index (χ3v) is 10.5. The molecule has 0 amide bonds. The van der Waals surface area contributed by atoms with Gasteiger partial charge in [-0.25, -0.2) is 9.97 Å². The molecule has 5 heteroatoms. The summed E-state index contributed by atoms with van der Waals surface area (Å²) in [5, 5.41) is 2.31. The van der Waals surface area contributed by atoms with E-state index in [0.717, 1.165) is 38.6 Å². The Morgan fingerprint density at radius 2 is 1.48 bits per heavy atom. The summed E-state index contributed by atoms with van der Waals surface area (Å²) in [5.41, 5.74) is 3.62. The maximum absolute atomic E-state index is 6.24. The maximum Gasteiger partial charge on any atom is 0.192 e. The number of hydrogen-bond acceptors (Lipinski definition) is 4. The quantitative estimate of drug-likeness (QED) is 0.169. The number of benzene rings is 3. The summed E-state index contributed by atoms with van der Waals surface area (Å²) in [6, 6.07) is 18.2. The van der Waals surface area contributed by atoms with E-state index in [-0.39, 0.29) is 5.04 Å². The highest BCUT2D eigenvalue weighted by molar-refractivity contribution is 6.74. The van der Waals surface area contributed by atoms with Crippen LogP contribution in [0.25, 0.3) is 32.8 Å². The molecule has 0 N–H and O–H groups in total. The summed E-state index contributed by atoms with van der Waals surface area (Å²) < 4.78 is 12.4. The second-order valence-corrected chi connectivity index (χ2v) is 13.8. The third kappa shape index (κ3) is 3.85. The minimum atomic E-state index is -1.76. The molecule has 1 aromatic heterocycles. The highest BCUT2D eigenvalue weighted by Gasteiger charge is 2.36. The lowest BCUT2D eigenvalue weighted by Gasteiger charge is -2.36. The number of ether oxygens (including phenoxy) is 1. The van der Waals surface area contributed by atoms with Gasteiger partial charge in [0.2, 0.25) is 0 Å². The van der Waals surface area contributed by atoms with Crippen LogP contribution in [0.3, 0.4) is 0 Å². The Morgan fingerprint density at radius 3 is 2.21 bits per heavy atom. The molecule has 0 radical (unpaired) electrons. The van der Waals surface area contributed by atoms with E-state index in [4.69, 9.17) is 19.1 Å². The fourth-order valence-corrected chi connectivity index (χ4v) is 4.23. The minimum Gasteiger partial charge on any atom is -0.491 e. The molecule has 0 bridgehead atoms. The summed E-state index contributed by atoms with van der Waals surface area (Å²) in [6.45, 7) is 12.4. The molecule has 1 heterocycles. The molecule has 3 aromatic carbocycles. The molecular formula is C24H28N2O2Si. The molecule has 4 rings (SSSR count). The first-order valence-electron chi connectivity index (χ1n) is 10.1. The molecule has 0 atom stereocenters. The van der Waals surface area contributed by atoms with Crippen LogP contribution in [0.2, 0.25) is 18.1 Å². The molecule has 0 aliphatic rings. The molecule has 0 spiro atoms. The standard InChI is InChI=1S/C24H28N2O2Si/c1-24(2,3)29(4,5)28-16-15-27-22-12-8-9-18-17(22)13-14-21-23(18)26-20-11-7-6-10-19(20)25-21/h6-14H,15-16H2,1-5H3. The van der Waals surface area contributed by atoms with Crippen molar-refractivity contribution in [3.63, 3.8) is 0 Å². The molecule has 0 fully saturated rings. The highest BCUT2D eigenvalue weighted by Crippen LogP contribution is 2.36. The second-order valence-electron chi connectivity index (χ2n) is 8.95. The molecule has 4 nitrogen and oxygen atoms in total. The summed E-state index contributed by atoms with van der Waals surface area (Å²) in [5.74, 6) is 0.859. The van der Waals surface area contributed by atoms with Gasteiger partial charge in [0.05, 0.1) is 28.7 Å². The fraction of sp³-hybridized carbons (Fsp3) is 0.333. The van der Waals surface area contributed by atoms with Crippen molar-refractivity contribution in [2.24, 2.45) is 0 Å². The number of fused-ring (bicyclic) bond motifs is 4. The average Bonchev–Trinajstić information content (AvgIpc) is 2.68. The van der Waals surface area contributed by atoms with Crippen LogP contribution in [0.1, 0.15) is 20.8 Å².